The predicted octanol–water partition coefficient (Wildman–Crippen LogP) is 3.18. The zero-order valence-electron chi connectivity index (χ0n) is 17.7. The molecule has 0 aromatic heterocycles. The molecule has 7 heteroatoms. The van der Waals surface area contributed by atoms with Gasteiger partial charge in [-0.2, -0.15) is 0 Å². The van der Waals surface area contributed by atoms with Gasteiger partial charge in [0.25, 0.3) is 0 Å². The number of rotatable bonds is 10. The molecular weight excluding hydrogens is 386 g/mol. The van der Waals surface area contributed by atoms with Crippen LogP contribution in [0, 0.1) is 0 Å². The van der Waals surface area contributed by atoms with E-state index in [4.69, 9.17) is 0 Å². The Morgan fingerprint density at radius 1 is 0.862 bits per heavy atom. The first-order valence-electron chi connectivity index (χ1n) is 9.95. The van der Waals surface area contributed by atoms with Gasteiger partial charge in [-0.1, -0.05) is 31.2 Å². The third-order valence-corrected chi connectivity index (χ3v) is 6.02. The highest BCUT2D eigenvalue weighted by Gasteiger charge is 2.20. The quantitative estimate of drug-likeness (QED) is 0.645. The van der Waals surface area contributed by atoms with E-state index in [1.54, 1.807) is 12.1 Å². The number of amides is 1. The van der Waals surface area contributed by atoms with Gasteiger partial charge < -0.3 is 10.2 Å². The number of anilines is 2. The van der Waals surface area contributed by atoms with Gasteiger partial charge in [0.15, 0.2) is 0 Å². The molecule has 0 saturated carbocycles. The van der Waals surface area contributed by atoms with E-state index in [1.165, 1.54) is 0 Å². The third-order valence-electron chi connectivity index (χ3n) is 4.87. The molecule has 0 heterocycles. The maximum absolute atomic E-state index is 12.4. The summed E-state index contributed by atoms with van der Waals surface area (Å²) in [6.45, 7) is 8.24. The number of hydrogen-bond acceptors (Lipinski definition) is 4. The van der Waals surface area contributed by atoms with Crippen molar-refractivity contribution in [3.05, 3.63) is 59.7 Å². The summed E-state index contributed by atoms with van der Waals surface area (Å²) in [6, 6.07) is 15.3. The molecule has 0 bridgehead atoms. The topological polar surface area (TPSA) is 69.7 Å². The average molecular weight is 418 g/mol. The molecule has 6 nitrogen and oxygen atoms in total. The fourth-order valence-electron chi connectivity index (χ4n) is 3.10. The number of sulfonamides is 1. The van der Waals surface area contributed by atoms with Crippen LogP contribution in [-0.2, 0) is 27.8 Å². The van der Waals surface area contributed by atoms with E-state index >= 15 is 0 Å². The second-order valence-corrected chi connectivity index (χ2v) is 8.81. The second kappa shape index (κ2) is 10.3. The molecule has 0 aliphatic rings. The molecule has 0 aliphatic heterocycles. The van der Waals surface area contributed by atoms with E-state index in [1.807, 2.05) is 43.3 Å². The van der Waals surface area contributed by atoms with Crippen molar-refractivity contribution in [2.24, 2.45) is 0 Å². The average Bonchev–Trinajstić information content (AvgIpc) is 2.71. The van der Waals surface area contributed by atoms with Crippen molar-refractivity contribution in [3.8, 4) is 0 Å². The summed E-state index contributed by atoms with van der Waals surface area (Å²) in [5.41, 5.74) is 3.71. The van der Waals surface area contributed by atoms with Crippen LogP contribution in [0.5, 0.6) is 0 Å². The number of aryl methyl sites for hydroxylation is 1. The summed E-state index contributed by atoms with van der Waals surface area (Å²) < 4.78 is 25.5. The maximum atomic E-state index is 12.4. The van der Waals surface area contributed by atoms with Crippen LogP contribution in [0.3, 0.4) is 0 Å². The number of benzene rings is 2. The van der Waals surface area contributed by atoms with E-state index in [2.05, 4.69) is 24.1 Å². The Morgan fingerprint density at radius 3 is 1.86 bits per heavy atom. The smallest absolute Gasteiger partial charge is 0.241 e. The van der Waals surface area contributed by atoms with Crippen molar-refractivity contribution >= 4 is 27.3 Å². The fraction of sp³-hybridized carbons (Fsp3) is 0.409. The first-order chi connectivity index (χ1) is 13.8. The number of nitrogens with zero attached hydrogens (tertiary/aromatic N) is 2. The van der Waals surface area contributed by atoms with E-state index in [9.17, 15) is 13.2 Å². The molecule has 0 aliphatic carbocycles. The Balaban J connectivity index is 2.01. The van der Waals surface area contributed by atoms with Crippen LogP contribution < -0.4 is 14.5 Å². The molecule has 29 heavy (non-hydrogen) atoms. The molecule has 1 N–H and O–H groups in total. The lowest BCUT2D eigenvalue weighted by Gasteiger charge is -2.22. The minimum atomic E-state index is -3.57. The minimum Gasteiger partial charge on any atom is -0.372 e. The first-order valence-corrected chi connectivity index (χ1v) is 11.8. The molecule has 0 fully saturated rings. The molecule has 2 aromatic rings. The van der Waals surface area contributed by atoms with Crippen LogP contribution in [-0.4, -0.2) is 40.2 Å². The Bertz CT molecular complexity index is 890. The summed E-state index contributed by atoms with van der Waals surface area (Å²) >= 11 is 0. The van der Waals surface area contributed by atoms with Crippen molar-refractivity contribution in [3.63, 3.8) is 0 Å². The van der Waals surface area contributed by atoms with Crippen LogP contribution in [0.2, 0.25) is 0 Å². The number of carbonyl (C=O) groups is 1. The highest BCUT2D eigenvalue weighted by molar-refractivity contribution is 7.92. The minimum absolute atomic E-state index is 0.248. The van der Waals surface area contributed by atoms with Crippen LogP contribution in [0.15, 0.2) is 48.5 Å². The highest BCUT2D eigenvalue weighted by Crippen LogP contribution is 2.19. The number of nitrogens with one attached hydrogen (secondary N) is 1. The molecule has 1 amide bonds. The largest absolute Gasteiger partial charge is 0.372 e. The Labute approximate surface area is 174 Å². The van der Waals surface area contributed by atoms with Crippen LogP contribution in [0.4, 0.5) is 11.4 Å². The molecule has 0 saturated heterocycles. The van der Waals surface area contributed by atoms with Gasteiger partial charge in [0.1, 0.15) is 6.54 Å². The van der Waals surface area contributed by atoms with E-state index in [0.717, 1.165) is 46.9 Å². The number of hydrogen-bond donors (Lipinski definition) is 1. The summed E-state index contributed by atoms with van der Waals surface area (Å²) in [4.78, 5) is 14.7. The van der Waals surface area contributed by atoms with Gasteiger partial charge in [0.2, 0.25) is 15.9 Å². The molecule has 2 aromatic carbocycles. The molecule has 158 valence electrons. The van der Waals surface area contributed by atoms with E-state index < -0.39 is 10.0 Å². The second-order valence-electron chi connectivity index (χ2n) is 6.91. The molecule has 0 unspecified atom stereocenters. The summed E-state index contributed by atoms with van der Waals surface area (Å²) in [7, 11) is -3.57. The lowest BCUT2D eigenvalue weighted by Crippen LogP contribution is -2.40. The maximum Gasteiger partial charge on any atom is 0.241 e. The fourth-order valence-corrected chi connectivity index (χ4v) is 3.95. The van der Waals surface area contributed by atoms with Gasteiger partial charge in [0.05, 0.1) is 11.9 Å². The zero-order valence-corrected chi connectivity index (χ0v) is 18.5. The van der Waals surface area contributed by atoms with Crippen LogP contribution in [0.25, 0.3) is 0 Å². The molecule has 0 atom stereocenters. The lowest BCUT2D eigenvalue weighted by atomic mass is 10.1. The molecule has 0 spiro atoms. The monoisotopic (exact) mass is 417 g/mol. The molecular formula is C22H31N3O3S. The lowest BCUT2D eigenvalue weighted by molar-refractivity contribution is -0.119. The summed E-state index contributed by atoms with van der Waals surface area (Å²) in [6.07, 6.45) is 1.98. The first kappa shape index (κ1) is 22.7. The van der Waals surface area contributed by atoms with Gasteiger partial charge in [-0.15, -0.1) is 0 Å². The van der Waals surface area contributed by atoms with Gasteiger partial charge in [0, 0.05) is 25.3 Å². The Morgan fingerprint density at radius 2 is 1.38 bits per heavy atom. The molecule has 2 rings (SSSR count). The zero-order chi connectivity index (χ0) is 21.4. The highest BCUT2D eigenvalue weighted by atomic mass is 32.2. The third kappa shape index (κ3) is 6.49. The van der Waals surface area contributed by atoms with Gasteiger partial charge in [-0.05, 0) is 55.7 Å². The predicted molar refractivity (Wildman–Crippen MR) is 120 cm³/mol. The van der Waals surface area contributed by atoms with Crippen LogP contribution in [0.1, 0.15) is 31.9 Å². The SMILES string of the molecule is CCc1ccc(N(CC(=O)NCc2ccc(N(CC)CC)cc2)S(C)(=O)=O)cc1. The van der Waals surface area contributed by atoms with Crippen molar-refractivity contribution in [2.45, 2.75) is 33.7 Å². The van der Waals surface area contributed by atoms with Crippen molar-refractivity contribution in [1.82, 2.24) is 5.32 Å². The van der Waals surface area contributed by atoms with Gasteiger partial charge in [-0.25, -0.2) is 8.42 Å². The Hall–Kier alpha value is -2.54. The van der Waals surface area contributed by atoms with Gasteiger partial charge >= 0.3 is 0 Å². The Kier molecular flexibility index (Phi) is 8.08. The van der Waals surface area contributed by atoms with Crippen molar-refractivity contribution in [2.75, 3.05) is 35.1 Å². The van der Waals surface area contributed by atoms with Gasteiger partial charge in [-0.3, -0.25) is 9.10 Å². The van der Waals surface area contributed by atoms with Crippen molar-refractivity contribution < 1.29 is 13.2 Å². The summed E-state index contributed by atoms with van der Waals surface area (Å²) in [5, 5.41) is 2.81. The van der Waals surface area contributed by atoms with E-state index in [-0.39, 0.29) is 12.5 Å². The summed E-state index contributed by atoms with van der Waals surface area (Å²) in [5.74, 6) is -0.345. The van der Waals surface area contributed by atoms with Crippen molar-refractivity contribution in [1.29, 1.82) is 0 Å². The normalized spacial score (nSPS) is 11.2. The number of carbonyl (C=O) groups excluding carboxylic acids is 1. The standard InChI is InChI=1S/C22H31N3O3S/c1-5-18-8-14-21(15-9-18)25(29(4,27)28)17-22(26)23-16-19-10-12-20(13-11-19)24(6-2)7-3/h8-15H,5-7,16-17H2,1-4H3,(H,23,26). The molecule has 0 radical (unpaired) electrons. The van der Waals surface area contributed by atoms with E-state index in [0.29, 0.717) is 12.2 Å². The van der Waals surface area contributed by atoms with Crippen LogP contribution >= 0.6 is 0 Å².